The van der Waals surface area contributed by atoms with Crippen LogP contribution in [-0.4, -0.2) is 33.0 Å². The van der Waals surface area contributed by atoms with Crippen molar-refractivity contribution in [1.29, 1.82) is 5.26 Å². The first-order valence-corrected chi connectivity index (χ1v) is 9.71. The molecule has 8 nitrogen and oxygen atoms in total. The lowest BCUT2D eigenvalue weighted by Gasteiger charge is -2.14. The fourth-order valence-electron chi connectivity index (χ4n) is 3.54. The first-order chi connectivity index (χ1) is 15.0. The summed E-state index contributed by atoms with van der Waals surface area (Å²) >= 11 is 0. The van der Waals surface area contributed by atoms with Crippen molar-refractivity contribution in [3.8, 4) is 17.6 Å². The number of methoxy groups -OCH3 is 1. The second kappa shape index (κ2) is 8.24. The summed E-state index contributed by atoms with van der Waals surface area (Å²) in [4.78, 5) is 13.0. The largest absolute Gasteiger partial charge is 0.480 e. The van der Waals surface area contributed by atoms with E-state index in [1.165, 1.54) is 7.11 Å². The number of carbonyl (C=O) groups is 1. The molecule has 0 fully saturated rings. The van der Waals surface area contributed by atoms with Crippen LogP contribution < -0.4 is 10.1 Å². The number of ether oxygens (including phenoxy) is 1. The Hall–Kier alpha value is -4.25. The molecule has 0 saturated carbocycles. The van der Waals surface area contributed by atoms with E-state index in [1.54, 1.807) is 41.3 Å². The molecule has 0 saturated heterocycles. The molecule has 0 bridgehead atoms. The van der Waals surface area contributed by atoms with Gasteiger partial charge >= 0.3 is 0 Å². The molecule has 0 atom stereocenters. The predicted octanol–water partition coefficient (Wildman–Crippen LogP) is 4.07. The van der Waals surface area contributed by atoms with Gasteiger partial charge in [-0.3, -0.25) is 4.79 Å². The smallest absolute Gasteiger partial charge is 0.255 e. The van der Waals surface area contributed by atoms with Crippen molar-refractivity contribution in [2.75, 3.05) is 12.4 Å². The summed E-state index contributed by atoms with van der Waals surface area (Å²) in [5, 5.41) is 25.5. The molecule has 0 radical (unpaired) electrons. The zero-order valence-electron chi connectivity index (χ0n) is 17.3. The molecule has 0 aliphatic carbocycles. The molecule has 8 heteroatoms. The second-order valence-electron chi connectivity index (χ2n) is 7.27. The summed E-state index contributed by atoms with van der Waals surface area (Å²) in [6, 6.07) is 14.6. The number of anilines is 1. The van der Waals surface area contributed by atoms with Gasteiger partial charge in [0, 0.05) is 22.7 Å². The number of nitriles is 1. The topological polar surface area (TPSA) is 106 Å². The summed E-state index contributed by atoms with van der Waals surface area (Å²) in [5.74, 6) is 0.150. The summed E-state index contributed by atoms with van der Waals surface area (Å²) in [5.41, 5.74) is 3.84. The number of hydrogen-bond acceptors (Lipinski definition) is 6. The molecule has 154 valence electrons. The van der Waals surface area contributed by atoms with Gasteiger partial charge in [0.2, 0.25) is 5.88 Å². The van der Waals surface area contributed by atoms with Crippen LogP contribution in [0.3, 0.4) is 0 Å². The third-order valence-electron chi connectivity index (χ3n) is 4.95. The molecule has 2 aromatic carbocycles. The number of nitrogens with zero attached hydrogens (tertiary/aromatic N) is 5. The van der Waals surface area contributed by atoms with E-state index in [4.69, 9.17) is 4.74 Å². The van der Waals surface area contributed by atoms with Gasteiger partial charge in [0.25, 0.3) is 5.91 Å². The van der Waals surface area contributed by atoms with Crippen LogP contribution in [0.4, 0.5) is 5.69 Å². The van der Waals surface area contributed by atoms with Crippen molar-refractivity contribution in [3.05, 3.63) is 71.5 Å². The zero-order chi connectivity index (χ0) is 22.0. The highest BCUT2D eigenvalue weighted by Crippen LogP contribution is 2.26. The summed E-state index contributed by atoms with van der Waals surface area (Å²) in [6.45, 7) is 3.93. The van der Waals surface area contributed by atoms with Gasteiger partial charge in [0.05, 0.1) is 42.3 Å². The Labute approximate surface area is 179 Å². The molecule has 1 N–H and O–H groups in total. The molecule has 0 unspecified atom stereocenters. The van der Waals surface area contributed by atoms with Crippen molar-refractivity contribution in [2.24, 2.45) is 0 Å². The first kappa shape index (κ1) is 20.0. The Bertz CT molecular complexity index is 1320. The Balaban J connectivity index is 1.71. The highest BCUT2D eigenvalue weighted by Gasteiger charge is 2.18. The van der Waals surface area contributed by atoms with E-state index in [1.807, 2.05) is 32.0 Å². The third-order valence-corrected chi connectivity index (χ3v) is 4.95. The van der Waals surface area contributed by atoms with Crippen LogP contribution in [-0.2, 0) is 0 Å². The molecular weight excluding hydrogens is 392 g/mol. The molecule has 31 heavy (non-hydrogen) atoms. The van der Waals surface area contributed by atoms with E-state index < -0.39 is 0 Å². The quantitative estimate of drug-likeness (QED) is 0.530. The highest BCUT2D eigenvalue weighted by molar-refractivity contribution is 6.06. The number of amides is 1. The predicted molar refractivity (Wildman–Crippen MR) is 116 cm³/mol. The maximum atomic E-state index is 13.0. The van der Waals surface area contributed by atoms with E-state index in [0.717, 1.165) is 16.5 Å². The number of carbonyl (C=O) groups excluding carboxylic acids is 1. The molecule has 4 aromatic rings. The normalized spacial score (nSPS) is 10.8. The van der Waals surface area contributed by atoms with Crippen molar-refractivity contribution >= 4 is 22.5 Å². The van der Waals surface area contributed by atoms with Crippen molar-refractivity contribution in [2.45, 2.75) is 19.8 Å². The van der Waals surface area contributed by atoms with Gasteiger partial charge in [0.1, 0.15) is 0 Å². The van der Waals surface area contributed by atoms with Crippen LogP contribution in [0.2, 0.25) is 0 Å². The molecule has 0 spiro atoms. The molecule has 4 rings (SSSR count). The maximum absolute atomic E-state index is 13.0. The van der Waals surface area contributed by atoms with Crippen molar-refractivity contribution in [1.82, 2.24) is 20.0 Å². The lowest BCUT2D eigenvalue weighted by Crippen LogP contribution is -2.16. The number of aromatic nitrogens is 4. The number of fused-ring (bicyclic) bond motifs is 1. The molecular formula is C23H20N6O2. The SMILES string of the molecule is COc1cc(-n2ncc3ccc(NC(=O)c4cccc(C#N)c4C(C)C)cc32)cnn1. The minimum atomic E-state index is -0.265. The molecule has 2 heterocycles. The minimum Gasteiger partial charge on any atom is -0.480 e. The second-order valence-corrected chi connectivity index (χ2v) is 7.27. The van der Waals surface area contributed by atoms with Crippen LogP contribution in [0.5, 0.6) is 5.88 Å². The fraction of sp³-hybridized carbons (Fsp3) is 0.174. The monoisotopic (exact) mass is 412 g/mol. The zero-order valence-corrected chi connectivity index (χ0v) is 17.3. The van der Waals surface area contributed by atoms with Gasteiger partial charge in [-0.2, -0.15) is 15.5 Å². The Morgan fingerprint density at radius 2 is 2.03 bits per heavy atom. The Morgan fingerprint density at radius 3 is 2.77 bits per heavy atom. The van der Waals surface area contributed by atoms with E-state index >= 15 is 0 Å². The maximum Gasteiger partial charge on any atom is 0.255 e. The molecule has 0 aliphatic heterocycles. The third kappa shape index (κ3) is 3.81. The summed E-state index contributed by atoms with van der Waals surface area (Å²) < 4.78 is 6.85. The van der Waals surface area contributed by atoms with Gasteiger partial charge in [-0.15, -0.1) is 5.10 Å². The average Bonchev–Trinajstić information content (AvgIpc) is 3.21. The minimum absolute atomic E-state index is 0.0367. The Kier molecular flexibility index (Phi) is 5.33. The Morgan fingerprint density at radius 1 is 1.19 bits per heavy atom. The van der Waals surface area contributed by atoms with Gasteiger partial charge < -0.3 is 10.1 Å². The number of rotatable bonds is 5. The van der Waals surface area contributed by atoms with Crippen molar-refractivity contribution < 1.29 is 9.53 Å². The van der Waals surface area contributed by atoms with E-state index in [2.05, 4.69) is 26.7 Å². The van der Waals surface area contributed by atoms with Crippen molar-refractivity contribution in [3.63, 3.8) is 0 Å². The fourth-order valence-corrected chi connectivity index (χ4v) is 3.54. The van der Waals surface area contributed by atoms with Crippen LogP contribution >= 0.6 is 0 Å². The van der Waals surface area contributed by atoms with E-state index in [0.29, 0.717) is 28.4 Å². The molecule has 0 aliphatic rings. The summed E-state index contributed by atoms with van der Waals surface area (Å²) in [7, 11) is 1.52. The lowest BCUT2D eigenvalue weighted by molar-refractivity contribution is 0.102. The lowest BCUT2D eigenvalue weighted by atomic mass is 9.92. The van der Waals surface area contributed by atoms with Crippen LogP contribution in [0.25, 0.3) is 16.6 Å². The number of nitrogens with one attached hydrogen (secondary N) is 1. The molecule has 2 aromatic heterocycles. The van der Waals surface area contributed by atoms with Gasteiger partial charge in [0.15, 0.2) is 0 Å². The average molecular weight is 412 g/mol. The standard InChI is InChI=1S/C23H20N6O2/c1-14(2)22-15(11-24)5-4-6-19(22)23(30)27-17-8-7-16-12-26-29(20(16)9-17)18-10-21(31-3)28-25-13-18/h4-10,12-14H,1-3H3,(H,27,30). The highest BCUT2D eigenvalue weighted by atomic mass is 16.5. The number of hydrogen-bond donors (Lipinski definition) is 1. The number of benzene rings is 2. The van der Waals surface area contributed by atoms with Crippen LogP contribution in [0, 0.1) is 11.3 Å². The van der Waals surface area contributed by atoms with Gasteiger partial charge in [-0.1, -0.05) is 19.9 Å². The van der Waals surface area contributed by atoms with E-state index in [-0.39, 0.29) is 11.8 Å². The summed E-state index contributed by atoms with van der Waals surface area (Å²) in [6.07, 6.45) is 3.32. The van der Waals surface area contributed by atoms with Gasteiger partial charge in [-0.25, -0.2) is 4.68 Å². The first-order valence-electron chi connectivity index (χ1n) is 9.71. The molecule has 1 amide bonds. The van der Waals surface area contributed by atoms with E-state index in [9.17, 15) is 10.1 Å². The van der Waals surface area contributed by atoms with Gasteiger partial charge in [-0.05, 0) is 41.8 Å². The van der Waals surface area contributed by atoms with Crippen LogP contribution in [0.1, 0.15) is 41.3 Å². The van der Waals surface area contributed by atoms with Crippen LogP contribution in [0.15, 0.2) is 54.9 Å².